The van der Waals surface area contributed by atoms with Crippen molar-refractivity contribution in [2.45, 2.75) is 11.0 Å². The van der Waals surface area contributed by atoms with E-state index < -0.39 is 0 Å². The van der Waals surface area contributed by atoms with Crippen molar-refractivity contribution in [2.24, 2.45) is 0 Å². The van der Waals surface area contributed by atoms with Crippen LogP contribution in [0.25, 0.3) is 11.5 Å². The van der Waals surface area contributed by atoms with Crippen molar-refractivity contribution in [1.29, 1.82) is 0 Å². The molecule has 7 heteroatoms. The van der Waals surface area contributed by atoms with Crippen LogP contribution in [0.2, 0.25) is 4.34 Å². The van der Waals surface area contributed by atoms with Gasteiger partial charge in [-0.3, -0.25) is 4.98 Å². The number of nitrogens with zero attached hydrogens (tertiary/aromatic N) is 3. The van der Waals surface area contributed by atoms with Crippen molar-refractivity contribution in [2.75, 3.05) is 0 Å². The molecule has 0 saturated heterocycles. The van der Waals surface area contributed by atoms with Crippen molar-refractivity contribution >= 4 is 34.7 Å². The summed E-state index contributed by atoms with van der Waals surface area (Å²) in [6, 6.07) is 7.60. The van der Waals surface area contributed by atoms with Gasteiger partial charge in [0.1, 0.15) is 0 Å². The Morgan fingerprint density at radius 3 is 2.95 bits per heavy atom. The number of aromatic nitrogens is 3. The summed E-state index contributed by atoms with van der Waals surface area (Å²) < 4.78 is 6.36. The minimum Gasteiger partial charge on any atom is -0.411 e. The van der Waals surface area contributed by atoms with E-state index in [1.165, 1.54) is 16.6 Å². The lowest BCUT2D eigenvalue weighted by atomic mass is 10.3. The van der Waals surface area contributed by atoms with E-state index in [0.717, 1.165) is 15.7 Å². The number of hydrogen-bond acceptors (Lipinski definition) is 6. The number of pyridine rings is 1. The van der Waals surface area contributed by atoms with Gasteiger partial charge < -0.3 is 4.42 Å². The van der Waals surface area contributed by atoms with Crippen LogP contribution in [0.4, 0.5) is 0 Å². The van der Waals surface area contributed by atoms with Gasteiger partial charge in [0, 0.05) is 23.0 Å². The fraction of sp³-hybridized carbons (Fsp3) is 0.0833. The van der Waals surface area contributed by atoms with Gasteiger partial charge in [0.15, 0.2) is 0 Å². The van der Waals surface area contributed by atoms with E-state index in [1.54, 1.807) is 23.7 Å². The van der Waals surface area contributed by atoms with Crippen molar-refractivity contribution in [1.82, 2.24) is 15.2 Å². The maximum absolute atomic E-state index is 5.88. The van der Waals surface area contributed by atoms with Crippen molar-refractivity contribution in [3.63, 3.8) is 0 Å². The Kier molecular flexibility index (Phi) is 3.82. The quantitative estimate of drug-likeness (QED) is 0.678. The van der Waals surface area contributed by atoms with E-state index in [4.69, 9.17) is 16.0 Å². The molecule has 0 unspecified atom stereocenters. The van der Waals surface area contributed by atoms with Gasteiger partial charge >= 0.3 is 0 Å². The number of halogens is 1. The molecule has 3 aromatic heterocycles. The molecule has 3 heterocycles. The molecule has 0 N–H and O–H groups in total. The molecule has 0 spiro atoms. The number of hydrogen-bond donors (Lipinski definition) is 0. The molecule has 19 heavy (non-hydrogen) atoms. The fourth-order valence-corrected chi connectivity index (χ4v) is 3.33. The van der Waals surface area contributed by atoms with Gasteiger partial charge in [0.05, 0.1) is 9.90 Å². The first kappa shape index (κ1) is 12.7. The van der Waals surface area contributed by atoms with Gasteiger partial charge in [0.25, 0.3) is 5.22 Å². The number of rotatable bonds is 4. The van der Waals surface area contributed by atoms with E-state index in [-0.39, 0.29) is 0 Å². The fourth-order valence-electron chi connectivity index (χ4n) is 1.44. The Balaban J connectivity index is 1.68. The Morgan fingerprint density at radius 2 is 2.21 bits per heavy atom. The van der Waals surface area contributed by atoms with Crippen molar-refractivity contribution in [3.05, 3.63) is 45.9 Å². The van der Waals surface area contributed by atoms with E-state index in [9.17, 15) is 0 Å². The summed E-state index contributed by atoms with van der Waals surface area (Å²) in [6.45, 7) is 0. The summed E-state index contributed by atoms with van der Waals surface area (Å²) in [5, 5.41) is 8.55. The highest BCUT2D eigenvalue weighted by molar-refractivity contribution is 7.98. The predicted octanol–water partition coefficient (Wildman–Crippen LogP) is 4.14. The summed E-state index contributed by atoms with van der Waals surface area (Å²) in [6.07, 6.45) is 3.40. The third kappa shape index (κ3) is 3.15. The molecule has 4 nitrogen and oxygen atoms in total. The van der Waals surface area contributed by atoms with E-state index in [1.807, 2.05) is 24.3 Å². The van der Waals surface area contributed by atoms with Crippen molar-refractivity contribution < 1.29 is 4.42 Å². The van der Waals surface area contributed by atoms with Crippen LogP contribution in [-0.2, 0) is 5.75 Å². The molecule has 96 valence electrons. The molecule has 0 saturated carbocycles. The summed E-state index contributed by atoms with van der Waals surface area (Å²) >= 11 is 8.93. The van der Waals surface area contributed by atoms with E-state index in [2.05, 4.69) is 15.2 Å². The zero-order valence-electron chi connectivity index (χ0n) is 9.62. The Labute approximate surface area is 122 Å². The molecule has 0 aliphatic rings. The largest absolute Gasteiger partial charge is 0.411 e. The minimum atomic E-state index is 0.486. The lowest BCUT2D eigenvalue weighted by molar-refractivity contribution is 0.465. The third-order valence-electron chi connectivity index (χ3n) is 2.28. The van der Waals surface area contributed by atoms with Crippen LogP contribution < -0.4 is 0 Å². The molecule has 3 rings (SSSR count). The van der Waals surface area contributed by atoms with Crippen molar-refractivity contribution in [3.8, 4) is 11.5 Å². The summed E-state index contributed by atoms with van der Waals surface area (Å²) in [5.74, 6) is 1.26. The van der Waals surface area contributed by atoms with Crippen LogP contribution >= 0.6 is 34.7 Å². The van der Waals surface area contributed by atoms with Crippen LogP contribution in [0, 0.1) is 0 Å². The molecule has 0 bridgehead atoms. The second-order valence-corrected chi connectivity index (χ2v) is 6.34. The lowest BCUT2D eigenvalue weighted by Gasteiger charge is -1.93. The molecular formula is C12H8ClN3OS2. The smallest absolute Gasteiger partial charge is 0.277 e. The Morgan fingerprint density at radius 1 is 1.26 bits per heavy atom. The highest BCUT2D eigenvalue weighted by atomic mass is 35.5. The lowest BCUT2D eigenvalue weighted by Crippen LogP contribution is -1.78. The summed E-state index contributed by atoms with van der Waals surface area (Å²) in [4.78, 5) is 5.20. The maximum Gasteiger partial charge on any atom is 0.277 e. The molecule has 0 radical (unpaired) electrons. The average molecular weight is 310 g/mol. The van der Waals surface area contributed by atoms with Crippen LogP contribution in [0.15, 0.2) is 46.3 Å². The SMILES string of the molecule is Clc1ccc(CSc2nnc(-c3cccnc3)o2)s1. The zero-order valence-corrected chi connectivity index (χ0v) is 12.0. The molecule has 0 fully saturated rings. The van der Waals surface area contributed by atoms with Gasteiger partial charge in [-0.2, -0.15) is 0 Å². The van der Waals surface area contributed by atoms with Crippen LogP contribution in [-0.4, -0.2) is 15.2 Å². The van der Waals surface area contributed by atoms with Crippen LogP contribution in [0.1, 0.15) is 4.88 Å². The average Bonchev–Trinajstić information content (AvgIpc) is 3.06. The first-order chi connectivity index (χ1) is 9.31. The Hall–Kier alpha value is -1.37. The third-order valence-corrected chi connectivity index (χ3v) is 4.56. The van der Waals surface area contributed by atoms with Gasteiger partial charge in [0.2, 0.25) is 5.89 Å². The first-order valence-corrected chi connectivity index (χ1v) is 7.60. The second kappa shape index (κ2) is 5.73. The van der Waals surface area contributed by atoms with Gasteiger partial charge in [-0.05, 0) is 24.3 Å². The minimum absolute atomic E-state index is 0.486. The topological polar surface area (TPSA) is 51.8 Å². The molecule has 0 atom stereocenters. The molecule has 0 amide bonds. The van der Waals surface area contributed by atoms with E-state index in [0.29, 0.717) is 11.1 Å². The van der Waals surface area contributed by atoms with Gasteiger partial charge in [-0.15, -0.1) is 21.5 Å². The maximum atomic E-state index is 5.88. The van der Waals surface area contributed by atoms with Gasteiger partial charge in [-0.25, -0.2) is 0 Å². The Bertz CT molecular complexity index is 668. The molecule has 0 aliphatic heterocycles. The summed E-state index contributed by atoms with van der Waals surface area (Å²) in [7, 11) is 0. The molecular weight excluding hydrogens is 302 g/mol. The standard InChI is InChI=1S/C12H8ClN3OS2/c13-10-4-3-9(19-10)7-18-12-16-15-11(17-12)8-2-1-5-14-6-8/h1-6H,7H2. The van der Waals surface area contributed by atoms with Gasteiger partial charge in [-0.1, -0.05) is 23.4 Å². The van der Waals surface area contributed by atoms with Crippen LogP contribution in [0.5, 0.6) is 0 Å². The zero-order chi connectivity index (χ0) is 13.1. The van der Waals surface area contributed by atoms with E-state index >= 15 is 0 Å². The van der Waals surface area contributed by atoms with Crippen LogP contribution in [0.3, 0.4) is 0 Å². The predicted molar refractivity (Wildman–Crippen MR) is 76.4 cm³/mol. The highest BCUT2D eigenvalue weighted by Crippen LogP contribution is 2.29. The highest BCUT2D eigenvalue weighted by Gasteiger charge is 2.09. The summed E-state index contributed by atoms with van der Waals surface area (Å²) in [5.41, 5.74) is 0.820. The number of thiophene rings is 1. The number of thioether (sulfide) groups is 1. The molecule has 3 aromatic rings. The monoisotopic (exact) mass is 309 g/mol. The second-order valence-electron chi connectivity index (χ2n) is 3.61. The molecule has 0 aliphatic carbocycles. The molecule has 0 aromatic carbocycles. The first-order valence-electron chi connectivity index (χ1n) is 5.42. The normalized spacial score (nSPS) is 10.8.